The fourth-order valence-corrected chi connectivity index (χ4v) is 3.63. The summed E-state index contributed by atoms with van der Waals surface area (Å²) in [6, 6.07) is 16.7. The van der Waals surface area contributed by atoms with Crippen molar-refractivity contribution in [1.82, 2.24) is 4.98 Å². The monoisotopic (exact) mass is 358 g/mol. The summed E-state index contributed by atoms with van der Waals surface area (Å²) in [6.07, 6.45) is 4.67. The van der Waals surface area contributed by atoms with Crippen molar-refractivity contribution in [3.8, 4) is 17.0 Å². The molecule has 27 heavy (non-hydrogen) atoms. The highest BCUT2D eigenvalue weighted by molar-refractivity contribution is 5.83. The Bertz CT molecular complexity index is 1010. The average molecular weight is 358 g/mol. The molecule has 134 valence electrons. The third-order valence-electron chi connectivity index (χ3n) is 5.23. The number of phenolic OH excluding ortho intramolecular Hbond substituents is 1. The first-order valence-electron chi connectivity index (χ1n) is 9.30. The Morgan fingerprint density at radius 3 is 2.52 bits per heavy atom. The molecule has 5 nitrogen and oxygen atoms in total. The number of nitrogens with one attached hydrogen (secondary N) is 1. The summed E-state index contributed by atoms with van der Waals surface area (Å²) in [6.45, 7) is 0. The largest absolute Gasteiger partial charge is 0.508 e. The van der Waals surface area contributed by atoms with Crippen LogP contribution in [0, 0.1) is 0 Å². The molecule has 1 fully saturated rings. The molecule has 0 bridgehead atoms. The molecule has 1 aromatic heterocycles. The van der Waals surface area contributed by atoms with Crippen LogP contribution < -0.4 is 9.88 Å². The number of nitrogens with zero attached hydrogens (tertiary/aromatic N) is 2. The molecule has 0 radical (unpaired) electrons. The zero-order valence-electron chi connectivity index (χ0n) is 14.8. The number of hydrogen-bond acceptors (Lipinski definition) is 4. The van der Waals surface area contributed by atoms with Crippen molar-refractivity contribution in [1.29, 1.82) is 0 Å². The number of carbonyl (C=O) groups is 1. The Morgan fingerprint density at radius 1 is 1.07 bits per heavy atom. The van der Waals surface area contributed by atoms with E-state index in [9.17, 15) is 9.90 Å². The van der Waals surface area contributed by atoms with Crippen molar-refractivity contribution in [2.24, 2.45) is 0 Å². The highest BCUT2D eigenvalue weighted by Crippen LogP contribution is 2.42. The van der Waals surface area contributed by atoms with Crippen LogP contribution in [-0.4, -0.2) is 22.0 Å². The van der Waals surface area contributed by atoms with Crippen molar-refractivity contribution < 1.29 is 14.5 Å². The Kier molecular flexibility index (Phi) is 3.67. The summed E-state index contributed by atoms with van der Waals surface area (Å²) >= 11 is 0. The second-order valence-corrected chi connectivity index (χ2v) is 7.28. The quantitative estimate of drug-likeness (QED) is 0.703. The van der Waals surface area contributed by atoms with E-state index >= 15 is 0 Å². The van der Waals surface area contributed by atoms with Crippen LogP contribution in [0.2, 0.25) is 0 Å². The van der Waals surface area contributed by atoms with Crippen LogP contribution in [0.1, 0.15) is 34.8 Å². The lowest BCUT2D eigenvalue weighted by atomic mass is 10.1. The smallest absolute Gasteiger partial charge is 0.359 e. The van der Waals surface area contributed by atoms with Crippen molar-refractivity contribution in [2.75, 3.05) is 5.32 Å². The molecule has 2 N–H and O–H groups in total. The Morgan fingerprint density at radius 2 is 1.81 bits per heavy atom. The molecule has 0 amide bonds. The number of carbonyl (C=O) groups excluding carboxylic acids is 1. The van der Waals surface area contributed by atoms with Gasteiger partial charge in [-0.15, -0.1) is 0 Å². The molecule has 0 spiro atoms. The van der Waals surface area contributed by atoms with Crippen LogP contribution in [0.3, 0.4) is 0 Å². The fraction of sp³-hybridized carbons (Fsp3) is 0.227. The molecule has 3 aromatic rings. The topological polar surface area (TPSA) is 66.1 Å². The lowest BCUT2D eigenvalue weighted by Gasteiger charge is -2.05. The van der Waals surface area contributed by atoms with E-state index in [4.69, 9.17) is 4.98 Å². The van der Waals surface area contributed by atoms with Crippen LogP contribution >= 0.6 is 0 Å². The number of hydrogen-bond donors (Lipinski definition) is 2. The molecule has 1 unspecified atom stereocenters. The van der Waals surface area contributed by atoms with Gasteiger partial charge in [-0.3, -0.25) is 5.32 Å². The Balaban J connectivity index is 1.51. The predicted octanol–water partition coefficient (Wildman–Crippen LogP) is 3.30. The van der Waals surface area contributed by atoms with E-state index in [2.05, 4.69) is 5.32 Å². The summed E-state index contributed by atoms with van der Waals surface area (Å²) in [5.41, 5.74) is 3.86. The van der Waals surface area contributed by atoms with Gasteiger partial charge in [0.15, 0.2) is 6.04 Å². The maximum absolute atomic E-state index is 13.1. The van der Waals surface area contributed by atoms with E-state index < -0.39 is 0 Å². The first-order chi connectivity index (χ1) is 13.2. The minimum Gasteiger partial charge on any atom is -0.508 e. The first-order valence-corrected chi connectivity index (χ1v) is 9.30. The Labute approximate surface area is 157 Å². The van der Waals surface area contributed by atoms with Gasteiger partial charge in [0.1, 0.15) is 23.3 Å². The van der Waals surface area contributed by atoms with Gasteiger partial charge in [-0.25, -0.2) is 9.78 Å². The van der Waals surface area contributed by atoms with Gasteiger partial charge >= 0.3 is 11.7 Å². The molecule has 5 heteroatoms. The van der Waals surface area contributed by atoms with E-state index in [1.165, 1.54) is 0 Å². The molecule has 1 saturated carbocycles. The molecule has 1 atom stereocenters. The molecule has 5 rings (SSSR count). The van der Waals surface area contributed by atoms with Crippen LogP contribution in [0.25, 0.3) is 11.3 Å². The number of aromatic hydroxyl groups is 1. The molecule has 1 aliphatic carbocycles. The second-order valence-electron chi connectivity index (χ2n) is 7.28. The van der Waals surface area contributed by atoms with Crippen molar-refractivity contribution in [3.05, 3.63) is 72.1 Å². The Hall–Kier alpha value is -3.21. The maximum atomic E-state index is 13.1. The van der Waals surface area contributed by atoms with Gasteiger partial charge in [-0.1, -0.05) is 42.5 Å². The minimum absolute atomic E-state index is 0.0413. The number of aromatic nitrogens is 2. The molecule has 2 aliphatic rings. The molecule has 2 aromatic carbocycles. The summed E-state index contributed by atoms with van der Waals surface area (Å²) in [5, 5.41) is 12.9. The molecule has 0 saturated heterocycles. The van der Waals surface area contributed by atoms with E-state index in [0.717, 1.165) is 41.2 Å². The highest BCUT2D eigenvalue weighted by atomic mass is 16.3. The summed E-state index contributed by atoms with van der Waals surface area (Å²) in [5.74, 6) is 1.54. The minimum atomic E-state index is -0.320. The van der Waals surface area contributed by atoms with Gasteiger partial charge in [-0.05, 0) is 30.5 Å². The fourth-order valence-electron chi connectivity index (χ4n) is 3.63. The van der Waals surface area contributed by atoms with E-state index in [1.807, 2.05) is 48.7 Å². The van der Waals surface area contributed by atoms with Crippen LogP contribution in [0.15, 0.2) is 60.8 Å². The van der Waals surface area contributed by atoms with Crippen LogP contribution in [-0.2, 0) is 6.42 Å². The molecular formula is C22H20N3O2+. The zero-order chi connectivity index (χ0) is 18.4. The third-order valence-corrected chi connectivity index (χ3v) is 5.23. The summed E-state index contributed by atoms with van der Waals surface area (Å²) in [4.78, 5) is 18.0. The van der Waals surface area contributed by atoms with Gasteiger partial charge in [-0.2, -0.15) is 4.57 Å². The second kappa shape index (κ2) is 6.20. The van der Waals surface area contributed by atoms with Gasteiger partial charge in [0.25, 0.3) is 0 Å². The summed E-state index contributed by atoms with van der Waals surface area (Å²) < 4.78 is 1.74. The van der Waals surface area contributed by atoms with E-state index in [-0.39, 0.29) is 17.7 Å². The lowest BCUT2D eigenvalue weighted by molar-refractivity contribution is -0.552. The van der Waals surface area contributed by atoms with Gasteiger partial charge in [0.2, 0.25) is 0 Å². The SMILES string of the molecule is O=C1C(Cc2ccc(O)cc2)Nc2c(C3CC3)nc(-c3ccccc3)c[n+]21. The number of anilines is 1. The zero-order valence-corrected chi connectivity index (χ0v) is 14.8. The number of rotatable bonds is 4. The third kappa shape index (κ3) is 2.95. The normalized spacial score (nSPS) is 18.2. The first kappa shape index (κ1) is 16.0. The molecule has 2 heterocycles. The predicted molar refractivity (Wildman–Crippen MR) is 102 cm³/mol. The van der Waals surface area contributed by atoms with Crippen molar-refractivity contribution in [2.45, 2.75) is 31.2 Å². The highest BCUT2D eigenvalue weighted by Gasteiger charge is 2.44. The average Bonchev–Trinajstić information content (AvgIpc) is 3.50. The van der Waals surface area contributed by atoms with E-state index in [0.29, 0.717) is 12.3 Å². The number of phenols is 1. The molecular weight excluding hydrogens is 338 g/mol. The number of fused-ring (bicyclic) bond motifs is 1. The van der Waals surface area contributed by atoms with E-state index in [1.54, 1.807) is 16.7 Å². The molecule has 1 aliphatic heterocycles. The summed E-state index contributed by atoms with van der Waals surface area (Å²) in [7, 11) is 0. The van der Waals surface area contributed by atoms with Crippen molar-refractivity contribution in [3.63, 3.8) is 0 Å². The standard InChI is InChI=1S/C22H19N3O2/c26-17-10-6-14(7-11-17)12-18-22(27)25-13-19(15-4-2-1-3-5-15)23-20(16-8-9-16)21(25)24-18/h1-7,10-11,13,16,18,26H,8-9,12H2/p+1. The van der Waals surface area contributed by atoms with Gasteiger partial charge in [0.05, 0.1) is 0 Å². The van der Waals surface area contributed by atoms with Crippen LogP contribution in [0.5, 0.6) is 5.75 Å². The lowest BCUT2D eigenvalue weighted by Crippen LogP contribution is -2.44. The van der Waals surface area contributed by atoms with Crippen molar-refractivity contribution >= 4 is 11.7 Å². The number of benzene rings is 2. The van der Waals surface area contributed by atoms with Crippen LogP contribution in [0.4, 0.5) is 5.82 Å². The van der Waals surface area contributed by atoms with Gasteiger partial charge < -0.3 is 5.11 Å². The maximum Gasteiger partial charge on any atom is 0.359 e. The van der Waals surface area contributed by atoms with Gasteiger partial charge in [0, 0.05) is 17.9 Å².